The monoisotopic (exact) mass is 337 g/mol. The van der Waals surface area contributed by atoms with E-state index in [0.29, 0.717) is 23.7 Å². The molecule has 0 fully saturated rings. The van der Waals surface area contributed by atoms with Crippen LogP contribution in [0.3, 0.4) is 0 Å². The maximum Gasteiger partial charge on any atom is 0.235 e. The van der Waals surface area contributed by atoms with Crippen LogP contribution < -0.4 is 10.1 Å². The van der Waals surface area contributed by atoms with Gasteiger partial charge in [-0.1, -0.05) is 41.1 Å². The summed E-state index contributed by atoms with van der Waals surface area (Å²) in [5.41, 5.74) is 2.85. The van der Waals surface area contributed by atoms with Crippen molar-refractivity contribution >= 4 is 11.6 Å². The summed E-state index contributed by atoms with van der Waals surface area (Å²) in [6.45, 7) is 2.02. The number of anilines is 1. The minimum Gasteiger partial charge on any atom is -0.497 e. The Morgan fingerprint density at radius 3 is 2.72 bits per heavy atom. The average molecular weight is 337 g/mol. The standard InChI is InChI=1S/C18H19N5O2/c1-12-6-8-13(9-7-12)10-16(17-20-22-23-21-17)18(24)19-14-4-3-5-15(11-14)25-2/h3-9,11,16H,10H2,1-2H3,(H,19,24)(H,20,21,22,23). The molecule has 2 N–H and O–H groups in total. The van der Waals surface area contributed by atoms with Gasteiger partial charge in [0.15, 0.2) is 5.82 Å². The van der Waals surface area contributed by atoms with Crippen LogP contribution in [0.15, 0.2) is 48.5 Å². The molecule has 25 heavy (non-hydrogen) atoms. The van der Waals surface area contributed by atoms with Crippen LogP contribution >= 0.6 is 0 Å². The minimum absolute atomic E-state index is 0.199. The van der Waals surface area contributed by atoms with Crippen molar-refractivity contribution in [3.63, 3.8) is 0 Å². The van der Waals surface area contributed by atoms with Gasteiger partial charge in [0.1, 0.15) is 11.7 Å². The fourth-order valence-electron chi connectivity index (χ4n) is 2.51. The zero-order valence-electron chi connectivity index (χ0n) is 14.1. The van der Waals surface area contributed by atoms with Gasteiger partial charge in [-0.25, -0.2) is 0 Å². The predicted molar refractivity (Wildman–Crippen MR) is 93.4 cm³/mol. The quantitative estimate of drug-likeness (QED) is 0.721. The van der Waals surface area contributed by atoms with E-state index in [1.165, 1.54) is 5.56 Å². The van der Waals surface area contributed by atoms with Crippen molar-refractivity contribution in [2.45, 2.75) is 19.3 Å². The Hall–Kier alpha value is -3.22. The molecular formula is C18H19N5O2. The minimum atomic E-state index is -0.548. The number of hydrogen-bond donors (Lipinski definition) is 2. The Morgan fingerprint density at radius 2 is 2.04 bits per heavy atom. The first-order valence-corrected chi connectivity index (χ1v) is 7.89. The maximum absolute atomic E-state index is 12.8. The molecule has 0 bridgehead atoms. The lowest BCUT2D eigenvalue weighted by atomic mass is 9.97. The number of H-pyrrole nitrogens is 1. The molecule has 0 aliphatic carbocycles. The molecule has 7 heteroatoms. The van der Waals surface area contributed by atoms with Crippen LogP contribution in [-0.4, -0.2) is 33.6 Å². The molecular weight excluding hydrogens is 318 g/mol. The summed E-state index contributed by atoms with van der Waals surface area (Å²) < 4.78 is 5.18. The zero-order valence-corrected chi connectivity index (χ0v) is 14.1. The zero-order chi connectivity index (χ0) is 17.6. The van der Waals surface area contributed by atoms with Crippen molar-refractivity contribution in [3.05, 3.63) is 65.5 Å². The first-order chi connectivity index (χ1) is 12.2. The molecule has 128 valence electrons. The molecule has 7 nitrogen and oxygen atoms in total. The van der Waals surface area contributed by atoms with E-state index in [4.69, 9.17) is 4.74 Å². The fourth-order valence-corrected chi connectivity index (χ4v) is 2.51. The van der Waals surface area contributed by atoms with Gasteiger partial charge in [0.05, 0.1) is 7.11 Å². The molecule has 0 spiro atoms. The summed E-state index contributed by atoms with van der Waals surface area (Å²) in [5.74, 6) is 0.288. The number of carbonyl (C=O) groups excluding carboxylic acids is 1. The summed E-state index contributed by atoms with van der Waals surface area (Å²) in [7, 11) is 1.58. The van der Waals surface area contributed by atoms with Crippen LogP contribution in [0.2, 0.25) is 0 Å². The van der Waals surface area contributed by atoms with Gasteiger partial charge in [-0.2, -0.15) is 5.21 Å². The SMILES string of the molecule is COc1cccc(NC(=O)C(Cc2ccc(C)cc2)c2nn[nH]n2)c1. The number of aromatic amines is 1. The Balaban J connectivity index is 1.81. The smallest absolute Gasteiger partial charge is 0.235 e. The topological polar surface area (TPSA) is 92.8 Å². The van der Waals surface area contributed by atoms with Gasteiger partial charge in [0.25, 0.3) is 0 Å². The number of carbonyl (C=O) groups is 1. The van der Waals surface area contributed by atoms with Gasteiger partial charge in [-0.3, -0.25) is 4.79 Å². The molecule has 1 amide bonds. The Morgan fingerprint density at radius 1 is 1.24 bits per heavy atom. The van der Waals surface area contributed by atoms with E-state index in [1.54, 1.807) is 19.2 Å². The van der Waals surface area contributed by atoms with Crippen molar-refractivity contribution in [2.24, 2.45) is 0 Å². The van der Waals surface area contributed by atoms with Crippen molar-refractivity contribution in [3.8, 4) is 5.75 Å². The molecule has 3 rings (SSSR count). The van der Waals surface area contributed by atoms with E-state index in [2.05, 4.69) is 25.9 Å². The lowest BCUT2D eigenvalue weighted by Gasteiger charge is -2.14. The number of amides is 1. The van der Waals surface area contributed by atoms with E-state index in [-0.39, 0.29) is 5.91 Å². The van der Waals surface area contributed by atoms with E-state index in [1.807, 2.05) is 43.3 Å². The average Bonchev–Trinajstić information content (AvgIpc) is 3.15. The molecule has 0 radical (unpaired) electrons. The van der Waals surface area contributed by atoms with Crippen LogP contribution in [0.5, 0.6) is 5.75 Å². The molecule has 0 aliphatic heterocycles. The number of hydrogen-bond acceptors (Lipinski definition) is 5. The highest BCUT2D eigenvalue weighted by atomic mass is 16.5. The van der Waals surface area contributed by atoms with Gasteiger partial charge in [0, 0.05) is 11.8 Å². The maximum atomic E-state index is 12.8. The number of methoxy groups -OCH3 is 1. The van der Waals surface area contributed by atoms with Crippen LogP contribution in [-0.2, 0) is 11.2 Å². The third kappa shape index (κ3) is 4.20. The fraction of sp³-hybridized carbons (Fsp3) is 0.222. The molecule has 0 saturated heterocycles. The van der Waals surface area contributed by atoms with Crippen LogP contribution in [0.4, 0.5) is 5.69 Å². The summed E-state index contributed by atoms with van der Waals surface area (Å²) in [4.78, 5) is 12.8. The van der Waals surface area contributed by atoms with Crippen LogP contribution in [0.1, 0.15) is 22.9 Å². The third-order valence-corrected chi connectivity index (χ3v) is 3.89. The number of benzene rings is 2. The summed E-state index contributed by atoms with van der Waals surface area (Å²) >= 11 is 0. The molecule has 2 aromatic carbocycles. The van der Waals surface area contributed by atoms with Crippen LogP contribution in [0, 0.1) is 6.92 Å². The predicted octanol–water partition coefficient (Wildman–Crippen LogP) is 2.48. The number of tetrazole rings is 1. The van der Waals surface area contributed by atoms with Gasteiger partial charge in [0.2, 0.25) is 5.91 Å². The highest BCUT2D eigenvalue weighted by Gasteiger charge is 2.25. The summed E-state index contributed by atoms with van der Waals surface area (Å²) in [6, 6.07) is 15.2. The molecule has 1 unspecified atom stereocenters. The first-order valence-electron chi connectivity index (χ1n) is 7.89. The largest absolute Gasteiger partial charge is 0.497 e. The first kappa shape index (κ1) is 16.6. The second kappa shape index (κ2) is 7.57. The Labute approximate surface area is 145 Å². The normalized spacial score (nSPS) is 11.8. The van der Waals surface area contributed by atoms with Crippen molar-refractivity contribution in [1.82, 2.24) is 20.6 Å². The molecule has 0 aliphatic rings. The third-order valence-electron chi connectivity index (χ3n) is 3.89. The Kier molecular flexibility index (Phi) is 5.03. The number of nitrogens with one attached hydrogen (secondary N) is 2. The van der Waals surface area contributed by atoms with Crippen molar-refractivity contribution in [2.75, 3.05) is 12.4 Å². The highest BCUT2D eigenvalue weighted by molar-refractivity contribution is 5.95. The molecule has 1 heterocycles. The summed E-state index contributed by atoms with van der Waals surface area (Å²) in [6.07, 6.45) is 0.482. The van der Waals surface area contributed by atoms with E-state index < -0.39 is 5.92 Å². The summed E-state index contributed by atoms with van der Waals surface area (Å²) in [5, 5.41) is 16.9. The van der Waals surface area contributed by atoms with E-state index in [9.17, 15) is 4.79 Å². The van der Waals surface area contributed by atoms with E-state index in [0.717, 1.165) is 5.56 Å². The van der Waals surface area contributed by atoms with Gasteiger partial charge in [-0.05, 0) is 31.0 Å². The van der Waals surface area contributed by atoms with Crippen LogP contribution in [0.25, 0.3) is 0 Å². The second-order valence-corrected chi connectivity index (χ2v) is 5.73. The molecule has 3 aromatic rings. The number of rotatable bonds is 6. The molecule has 1 aromatic heterocycles. The number of nitrogens with zero attached hydrogens (tertiary/aromatic N) is 3. The second-order valence-electron chi connectivity index (χ2n) is 5.73. The number of aromatic nitrogens is 4. The van der Waals surface area contributed by atoms with Gasteiger partial charge >= 0.3 is 0 Å². The van der Waals surface area contributed by atoms with Crippen molar-refractivity contribution in [1.29, 1.82) is 0 Å². The Bertz CT molecular complexity index is 831. The van der Waals surface area contributed by atoms with Crippen molar-refractivity contribution < 1.29 is 9.53 Å². The molecule has 1 atom stereocenters. The van der Waals surface area contributed by atoms with Gasteiger partial charge < -0.3 is 10.1 Å². The lowest BCUT2D eigenvalue weighted by Crippen LogP contribution is -2.24. The highest BCUT2D eigenvalue weighted by Crippen LogP contribution is 2.22. The molecule has 0 saturated carbocycles. The number of ether oxygens (including phenoxy) is 1. The van der Waals surface area contributed by atoms with E-state index >= 15 is 0 Å². The number of aryl methyl sites for hydroxylation is 1. The lowest BCUT2D eigenvalue weighted by molar-refractivity contribution is -0.117. The van der Waals surface area contributed by atoms with Gasteiger partial charge in [-0.15, -0.1) is 10.2 Å².